The zero-order valence-electron chi connectivity index (χ0n) is 13.0. The number of nitrogens with one attached hydrogen (secondary N) is 1. The number of benzene rings is 2. The minimum Gasteiger partial charge on any atom is -0.493 e. The lowest BCUT2D eigenvalue weighted by molar-refractivity contribution is -0.111. The average molecular weight is 326 g/mol. The summed E-state index contributed by atoms with van der Waals surface area (Å²) in [5, 5.41) is 11.1. The Morgan fingerprint density at radius 2 is 2.12 bits per heavy atom. The van der Waals surface area contributed by atoms with E-state index in [1.165, 1.54) is 31.4 Å². The minimum absolute atomic E-state index is 0.0818. The molecule has 0 aromatic heterocycles. The fourth-order valence-electron chi connectivity index (χ4n) is 1.94. The number of rotatable bonds is 6. The van der Waals surface area contributed by atoms with Crippen molar-refractivity contribution in [1.29, 1.82) is 5.26 Å². The molecule has 0 fully saturated rings. The lowest BCUT2D eigenvalue weighted by Crippen LogP contribution is -2.07. The van der Waals surface area contributed by atoms with Crippen molar-refractivity contribution in [3.8, 4) is 17.6 Å². The van der Waals surface area contributed by atoms with Crippen molar-refractivity contribution in [2.24, 2.45) is 0 Å². The summed E-state index contributed by atoms with van der Waals surface area (Å²) in [5.74, 6) is 0.0946. The van der Waals surface area contributed by atoms with Gasteiger partial charge in [0.15, 0.2) is 18.1 Å². The Bertz CT molecular complexity index is 797. The van der Waals surface area contributed by atoms with Gasteiger partial charge in [0.05, 0.1) is 7.11 Å². The lowest BCUT2D eigenvalue weighted by Gasteiger charge is -2.08. The van der Waals surface area contributed by atoms with Crippen LogP contribution in [-0.2, 0) is 4.79 Å². The Morgan fingerprint density at radius 1 is 1.29 bits per heavy atom. The van der Waals surface area contributed by atoms with Crippen LogP contribution in [-0.4, -0.2) is 19.6 Å². The number of carbonyl (C=O) groups is 1. The van der Waals surface area contributed by atoms with Gasteiger partial charge in [-0.25, -0.2) is 4.39 Å². The van der Waals surface area contributed by atoms with Gasteiger partial charge in [0.25, 0.3) is 0 Å². The smallest absolute Gasteiger partial charge is 0.248 e. The molecule has 0 spiro atoms. The van der Waals surface area contributed by atoms with E-state index in [0.717, 1.165) is 0 Å². The minimum atomic E-state index is -0.422. The SMILES string of the molecule is COc1cc(/C=C/C(=O)Nc2cccc(F)c2)ccc1OCC#N. The summed E-state index contributed by atoms with van der Waals surface area (Å²) >= 11 is 0. The molecular weight excluding hydrogens is 311 g/mol. The quantitative estimate of drug-likeness (QED) is 0.826. The van der Waals surface area contributed by atoms with Crippen molar-refractivity contribution in [3.63, 3.8) is 0 Å². The van der Waals surface area contributed by atoms with E-state index in [1.807, 2.05) is 6.07 Å². The highest BCUT2D eigenvalue weighted by atomic mass is 19.1. The molecule has 5 nitrogen and oxygen atoms in total. The van der Waals surface area contributed by atoms with E-state index < -0.39 is 5.82 Å². The molecule has 0 heterocycles. The van der Waals surface area contributed by atoms with Crippen LogP contribution < -0.4 is 14.8 Å². The normalized spacial score (nSPS) is 10.2. The van der Waals surface area contributed by atoms with Crippen LogP contribution >= 0.6 is 0 Å². The van der Waals surface area contributed by atoms with Crippen LogP contribution in [0.25, 0.3) is 6.08 Å². The first-order valence-corrected chi connectivity index (χ1v) is 7.05. The standard InChI is InChI=1S/C18H15FN2O3/c1-23-17-11-13(5-7-16(17)24-10-9-20)6-8-18(22)21-15-4-2-3-14(19)12-15/h2-8,11-12H,10H2,1H3,(H,21,22)/b8-6+. The van der Waals surface area contributed by atoms with E-state index in [1.54, 1.807) is 30.3 Å². The zero-order chi connectivity index (χ0) is 17.4. The molecule has 0 aliphatic rings. The average Bonchev–Trinajstić information content (AvgIpc) is 2.58. The Labute approximate surface area is 138 Å². The molecule has 0 atom stereocenters. The molecule has 0 bridgehead atoms. The van der Waals surface area contributed by atoms with Crippen molar-refractivity contribution in [2.45, 2.75) is 0 Å². The predicted molar refractivity (Wildman–Crippen MR) is 88.2 cm³/mol. The van der Waals surface area contributed by atoms with Crippen LogP contribution in [0.4, 0.5) is 10.1 Å². The van der Waals surface area contributed by atoms with E-state index in [-0.39, 0.29) is 12.5 Å². The number of halogens is 1. The molecule has 122 valence electrons. The highest BCUT2D eigenvalue weighted by molar-refractivity contribution is 6.01. The van der Waals surface area contributed by atoms with E-state index in [0.29, 0.717) is 22.7 Å². The summed E-state index contributed by atoms with van der Waals surface area (Å²) in [6.45, 7) is -0.0818. The van der Waals surface area contributed by atoms with Crippen LogP contribution in [0.5, 0.6) is 11.5 Å². The summed E-state index contributed by atoms with van der Waals surface area (Å²) in [4.78, 5) is 11.8. The second-order valence-electron chi connectivity index (χ2n) is 4.69. The van der Waals surface area contributed by atoms with Crippen LogP contribution in [0.15, 0.2) is 48.5 Å². The molecule has 0 saturated carbocycles. The molecule has 6 heteroatoms. The van der Waals surface area contributed by atoms with Crippen LogP contribution in [0.3, 0.4) is 0 Å². The molecule has 0 aliphatic carbocycles. The fourth-order valence-corrected chi connectivity index (χ4v) is 1.94. The third-order valence-corrected chi connectivity index (χ3v) is 3.00. The van der Waals surface area contributed by atoms with Crippen molar-refractivity contribution in [1.82, 2.24) is 0 Å². The molecule has 0 aliphatic heterocycles. The molecular formula is C18H15FN2O3. The number of amides is 1. The monoisotopic (exact) mass is 326 g/mol. The second kappa shape index (κ2) is 8.34. The van der Waals surface area contributed by atoms with Crippen molar-refractivity contribution in [2.75, 3.05) is 19.0 Å². The molecule has 1 amide bonds. The Balaban J connectivity index is 2.05. The Morgan fingerprint density at radius 3 is 2.83 bits per heavy atom. The van der Waals surface area contributed by atoms with Gasteiger partial charge in [-0.1, -0.05) is 12.1 Å². The van der Waals surface area contributed by atoms with Crippen molar-refractivity contribution in [3.05, 3.63) is 59.9 Å². The molecule has 2 rings (SSSR count). The highest BCUT2D eigenvalue weighted by Gasteiger charge is 2.05. The first-order valence-electron chi connectivity index (χ1n) is 7.05. The van der Waals surface area contributed by atoms with E-state index in [4.69, 9.17) is 14.7 Å². The van der Waals surface area contributed by atoms with E-state index >= 15 is 0 Å². The second-order valence-corrected chi connectivity index (χ2v) is 4.69. The number of hydrogen-bond acceptors (Lipinski definition) is 4. The van der Waals surface area contributed by atoms with Gasteiger partial charge in [0, 0.05) is 11.8 Å². The van der Waals surface area contributed by atoms with Crippen LogP contribution in [0.1, 0.15) is 5.56 Å². The highest BCUT2D eigenvalue weighted by Crippen LogP contribution is 2.28. The Hall–Kier alpha value is -3.33. The van der Waals surface area contributed by atoms with E-state index in [2.05, 4.69) is 5.32 Å². The van der Waals surface area contributed by atoms with Gasteiger partial charge in [-0.15, -0.1) is 0 Å². The summed E-state index contributed by atoms with van der Waals surface area (Å²) in [5.41, 5.74) is 1.09. The maximum atomic E-state index is 13.1. The first-order chi connectivity index (χ1) is 11.6. The first kappa shape index (κ1) is 17.0. The van der Waals surface area contributed by atoms with Gasteiger partial charge in [-0.05, 0) is 42.0 Å². The van der Waals surface area contributed by atoms with E-state index in [9.17, 15) is 9.18 Å². The summed E-state index contributed by atoms with van der Waals surface area (Å²) in [6, 6.07) is 12.6. The number of nitriles is 1. The molecule has 2 aromatic carbocycles. The fraction of sp³-hybridized carbons (Fsp3) is 0.111. The maximum Gasteiger partial charge on any atom is 0.248 e. The van der Waals surface area contributed by atoms with Crippen LogP contribution in [0, 0.1) is 17.1 Å². The third kappa shape index (κ3) is 4.85. The van der Waals surface area contributed by atoms with Gasteiger partial charge < -0.3 is 14.8 Å². The van der Waals surface area contributed by atoms with Crippen LogP contribution in [0.2, 0.25) is 0 Å². The summed E-state index contributed by atoms with van der Waals surface area (Å²) in [6.07, 6.45) is 2.92. The van der Waals surface area contributed by atoms with Gasteiger partial charge in [-0.3, -0.25) is 4.79 Å². The molecule has 1 N–H and O–H groups in total. The molecule has 2 aromatic rings. The maximum absolute atomic E-state index is 13.1. The third-order valence-electron chi connectivity index (χ3n) is 3.00. The molecule has 0 unspecified atom stereocenters. The summed E-state index contributed by atoms with van der Waals surface area (Å²) in [7, 11) is 1.48. The number of ether oxygens (including phenoxy) is 2. The van der Waals surface area contributed by atoms with Gasteiger partial charge >= 0.3 is 0 Å². The van der Waals surface area contributed by atoms with Gasteiger partial charge in [-0.2, -0.15) is 5.26 Å². The molecule has 0 radical (unpaired) electrons. The largest absolute Gasteiger partial charge is 0.493 e. The number of hydrogen-bond donors (Lipinski definition) is 1. The number of carbonyl (C=O) groups excluding carboxylic acids is 1. The Kier molecular flexibility index (Phi) is 5.92. The lowest BCUT2D eigenvalue weighted by atomic mass is 10.2. The predicted octanol–water partition coefficient (Wildman–Crippen LogP) is 3.39. The number of anilines is 1. The number of methoxy groups -OCH3 is 1. The van der Waals surface area contributed by atoms with Gasteiger partial charge in [0.1, 0.15) is 11.9 Å². The number of nitrogens with zero attached hydrogens (tertiary/aromatic N) is 1. The van der Waals surface area contributed by atoms with Crippen molar-refractivity contribution >= 4 is 17.7 Å². The molecule has 0 saturated heterocycles. The molecule has 24 heavy (non-hydrogen) atoms. The van der Waals surface area contributed by atoms with Gasteiger partial charge in [0.2, 0.25) is 5.91 Å². The van der Waals surface area contributed by atoms with Crippen molar-refractivity contribution < 1.29 is 18.7 Å². The summed E-state index contributed by atoms with van der Waals surface area (Å²) < 4.78 is 23.5. The topological polar surface area (TPSA) is 71.3 Å². The zero-order valence-corrected chi connectivity index (χ0v) is 13.0.